The molecular weight excluding hydrogens is 275 g/mol. The molecule has 1 saturated heterocycles. The number of benzene rings is 1. The van der Waals surface area contributed by atoms with Gasteiger partial charge in [-0.1, -0.05) is 0 Å². The topological polar surface area (TPSA) is 60.9 Å². The number of aliphatic carboxylic acids is 1. The monoisotopic (exact) mass is 294 g/mol. The van der Waals surface area contributed by atoms with Gasteiger partial charge in [0.05, 0.1) is 11.5 Å². The van der Waals surface area contributed by atoms with Gasteiger partial charge < -0.3 is 14.9 Å². The Hall–Kier alpha value is -2.11. The van der Waals surface area contributed by atoms with Gasteiger partial charge in [-0.25, -0.2) is 4.39 Å². The SMILES string of the molecule is CN(C)c1ccc(C(=O)N2CCCC(C(=O)O)C2)c(F)c1. The van der Waals surface area contributed by atoms with Crippen molar-refractivity contribution in [3.8, 4) is 0 Å². The number of piperidine rings is 1. The zero-order valence-corrected chi connectivity index (χ0v) is 12.2. The van der Waals surface area contributed by atoms with Crippen LogP contribution < -0.4 is 4.90 Å². The van der Waals surface area contributed by atoms with Crippen molar-refractivity contribution in [2.45, 2.75) is 12.8 Å². The van der Waals surface area contributed by atoms with E-state index in [4.69, 9.17) is 5.11 Å². The van der Waals surface area contributed by atoms with Crippen molar-refractivity contribution in [3.05, 3.63) is 29.6 Å². The van der Waals surface area contributed by atoms with Crippen LogP contribution in [0, 0.1) is 11.7 Å². The van der Waals surface area contributed by atoms with E-state index < -0.39 is 23.6 Å². The fourth-order valence-corrected chi connectivity index (χ4v) is 2.49. The minimum Gasteiger partial charge on any atom is -0.481 e. The highest BCUT2D eigenvalue weighted by atomic mass is 19.1. The molecule has 0 spiro atoms. The van der Waals surface area contributed by atoms with Gasteiger partial charge in [0, 0.05) is 32.9 Å². The molecule has 1 heterocycles. The summed E-state index contributed by atoms with van der Waals surface area (Å²) in [5, 5.41) is 9.04. The Labute approximate surface area is 123 Å². The molecular formula is C15H19FN2O3. The summed E-state index contributed by atoms with van der Waals surface area (Å²) in [4.78, 5) is 26.6. The second kappa shape index (κ2) is 6.11. The maximum absolute atomic E-state index is 14.1. The first kappa shape index (κ1) is 15.3. The lowest BCUT2D eigenvalue weighted by molar-refractivity contribution is -0.143. The van der Waals surface area contributed by atoms with Crippen molar-refractivity contribution in [3.63, 3.8) is 0 Å². The van der Waals surface area contributed by atoms with Gasteiger partial charge in [0.25, 0.3) is 5.91 Å². The summed E-state index contributed by atoms with van der Waals surface area (Å²) in [5.41, 5.74) is 0.665. The molecule has 2 rings (SSSR count). The molecule has 21 heavy (non-hydrogen) atoms. The Morgan fingerprint density at radius 2 is 2.10 bits per heavy atom. The number of hydrogen-bond acceptors (Lipinski definition) is 3. The van der Waals surface area contributed by atoms with E-state index in [0.717, 1.165) is 0 Å². The Kier molecular flexibility index (Phi) is 4.45. The lowest BCUT2D eigenvalue weighted by Crippen LogP contribution is -2.42. The van der Waals surface area contributed by atoms with Gasteiger partial charge in [-0.05, 0) is 31.0 Å². The minimum absolute atomic E-state index is 0.00774. The first-order chi connectivity index (χ1) is 9.90. The Morgan fingerprint density at radius 1 is 1.38 bits per heavy atom. The third-order valence-corrected chi connectivity index (χ3v) is 3.76. The van der Waals surface area contributed by atoms with Crippen LogP contribution in [0.1, 0.15) is 23.2 Å². The standard InChI is InChI=1S/C15H19FN2O3/c1-17(2)11-5-6-12(13(16)8-11)14(19)18-7-3-4-10(9-18)15(20)21/h5-6,8,10H,3-4,7,9H2,1-2H3,(H,20,21). The molecule has 6 heteroatoms. The normalized spacial score (nSPS) is 18.4. The first-order valence-corrected chi connectivity index (χ1v) is 6.89. The van der Waals surface area contributed by atoms with E-state index >= 15 is 0 Å². The van der Waals surface area contributed by atoms with Crippen LogP contribution in [0.4, 0.5) is 10.1 Å². The van der Waals surface area contributed by atoms with Crippen LogP contribution in [0.2, 0.25) is 0 Å². The van der Waals surface area contributed by atoms with E-state index in [-0.39, 0.29) is 12.1 Å². The molecule has 1 unspecified atom stereocenters. The van der Waals surface area contributed by atoms with Gasteiger partial charge in [0.15, 0.2) is 0 Å². The summed E-state index contributed by atoms with van der Waals surface area (Å²) in [6.07, 6.45) is 1.18. The van der Waals surface area contributed by atoms with E-state index in [9.17, 15) is 14.0 Å². The Balaban J connectivity index is 2.18. The average molecular weight is 294 g/mol. The highest BCUT2D eigenvalue weighted by Crippen LogP contribution is 2.22. The summed E-state index contributed by atoms with van der Waals surface area (Å²) < 4.78 is 14.1. The van der Waals surface area contributed by atoms with E-state index in [1.165, 1.54) is 17.0 Å². The number of halogens is 1. The molecule has 1 aliphatic heterocycles. The number of amides is 1. The molecule has 0 radical (unpaired) electrons. The van der Waals surface area contributed by atoms with Crippen molar-refractivity contribution in [1.29, 1.82) is 0 Å². The fourth-order valence-electron chi connectivity index (χ4n) is 2.49. The van der Waals surface area contributed by atoms with Crippen LogP contribution in [0.5, 0.6) is 0 Å². The number of carbonyl (C=O) groups is 2. The first-order valence-electron chi connectivity index (χ1n) is 6.89. The van der Waals surface area contributed by atoms with Gasteiger partial charge in [-0.15, -0.1) is 0 Å². The van der Waals surface area contributed by atoms with E-state index in [1.807, 2.05) is 0 Å². The molecule has 0 saturated carbocycles. The number of carbonyl (C=O) groups excluding carboxylic acids is 1. The van der Waals surface area contributed by atoms with E-state index in [2.05, 4.69) is 0 Å². The van der Waals surface area contributed by atoms with Gasteiger partial charge in [-0.2, -0.15) is 0 Å². The van der Waals surface area contributed by atoms with E-state index in [0.29, 0.717) is 25.1 Å². The molecule has 1 amide bonds. The van der Waals surface area contributed by atoms with Crippen LogP contribution in [0.3, 0.4) is 0 Å². The lowest BCUT2D eigenvalue weighted by Gasteiger charge is -2.31. The molecule has 1 atom stereocenters. The second-order valence-electron chi connectivity index (χ2n) is 5.49. The molecule has 1 N–H and O–H groups in total. The summed E-state index contributed by atoms with van der Waals surface area (Å²) in [5.74, 6) is -2.49. The molecule has 0 aliphatic carbocycles. The molecule has 1 aliphatic rings. The van der Waals surface area contributed by atoms with Gasteiger partial charge >= 0.3 is 5.97 Å². The third-order valence-electron chi connectivity index (χ3n) is 3.76. The number of carboxylic acid groups (broad SMARTS) is 1. The second-order valence-corrected chi connectivity index (χ2v) is 5.49. The Morgan fingerprint density at radius 3 is 2.67 bits per heavy atom. The lowest BCUT2D eigenvalue weighted by atomic mass is 9.97. The number of nitrogens with zero attached hydrogens (tertiary/aromatic N) is 2. The quantitative estimate of drug-likeness (QED) is 0.924. The third kappa shape index (κ3) is 3.32. The van der Waals surface area contributed by atoms with Crippen molar-refractivity contribution >= 4 is 17.6 Å². The molecule has 1 fully saturated rings. The summed E-state index contributed by atoms with van der Waals surface area (Å²) in [6.45, 7) is 0.612. The zero-order chi connectivity index (χ0) is 15.6. The van der Waals surface area contributed by atoms with Gasteiger partial charge in [-0.3, -0.25) is 9.59 Å². The van der Waals surface area contributed by atoms with Gasteiger partial charge in [0.1, 0.15) is 5.82 Å². The average Bonchev–Trinajstić information content (AvgIpc) is 2.46. The molecule has 5 nitrogen and oxygen atoms in total. The predicted molar refractivity (Wildman–Crippen MR) is 77.0 cm³/mol. The van der Waals surface area contributed by atoms with Crippen LogP contribution in [0.25, 0.3) is 0 Å². The largest absolute Gasteiger partial charge is 0.481 e. The number of anilines is 1. The van der Waals surface area contributed by atoms with Crippen LogP contribution >= 0.6 is 0 Å². The zero-order valence-electron chi connectivity index (χ0n) is 12.2. The van der Waals surface area contributed by atoms with E-state index in [1.54, 1.807) is 25.1 Å². The Bertz CT molecular complexity index is 560. The number of hydrogen-bond donors (Lipinski definition) is 1. The maximum Gasteiger partial charge on any atom is 0.308 e. The number of carboxylic acids is 1. The molecule has 0 aromatic heterocycles. The van der Waals surface area contributed by atoms with Crippen molar-refractivity contribution < 1.29 is 19.1 Å². The summed E-state index contributed by atoms with van der Waals surface area (Å²) in [6, 6.07) is 4.44. The smallest absolute Gasteiger partial charge is 0.308 e. The molecule has 114 valence electrons. The van der Waals surface area contributed by atoms with Crippen molar-refractivity contribution in [1.82, 2.24) is 4.90 Å². The van der Waals surface area contributed by atoms with Crippen LogP contribution in [-0.2, 0) is 4.79 Å². The van der Waals surface area contributed by atoms with Crippen LogP contribution in [0.15, 0.2) is 18.2 Å². The van der Waals surface area contributed by atoms with Gasteiger partial charge in [0.2, 0.25) is 0 Å². The summed E-state index contributed by atoms with van der Waals surface area (Å²) in [7, 11) is 3.58. The van der Waals surface area contributed by atoms with Crippen molar-refractivity contribution in [2.75, 3.05) is 32.1 Å². The van der Waals surface area contributed by atoms with Crippen LogP contribution in [-0.4, -0.2) is 49.1 Å². The maximum atomic E-state index is 14.1. The molecule has 1 aromatic rings. The van der Waals surface area contributed by atoms with Crippen molar-refractivity contribution in [2.24, 2.45) is 5.92 Å². The highest BCUT2D eigenvalue weighted by Gasteiger charge is 2.29. The fraction of sp³-hybridized carbons (Fsp3) is 0.467. The molecule has 0 bridgehead atoms. The summed E-state index contributed by atoms with van der Waals surface area (Å²) >= 11 is 0. The number of rotatable bonds is 3. The highest BCUT2D eigenvalue weighted by molar-refractivity contribution is 5.95. The molecule has 1 aromatic carbocycles. The predicted octanol–water partition coefficient (Wildman–Crippen LogP) is 1.83. The number of likely N-dealkylation sites (tertiary alicyclic amines) is 1. The minimum atomic E-state index is -0.907.